The van der Waals surface area contributed by atoms with Crippen molar-refractivity contribution in [3.8, 4) is 11.3 Å². The minimum Gasteiger partial charge on any atom is -0.439 e. The van der Waals surface area contributed by atoms with Crippen molar-refractivity contribution in [2.24, 2.45) is 0 Å². The number of carbonyl (C=O) groups excluding carboxylic acids is 1. The lowest BCUT2D eigenvalue weighted by Gasteiger charge is -2.00. The summed E-state index contributed by atoms with van der Waals surface area (Å²) in [5.41, 5.74) is 2.50. The van der Waals surface area contributed by atoms with Crippen LogP contribution in [0.3, 0.4) is 0 Å². The van der Waals surface area contributed by atoms with E-state index in [0.717, 1.165) is 16.9 Å². The van der Waals surface area contributed by atoms with Crippen LogP contribution >= 0.6 is 0 Å². The topological polar surface area (TPSA) is 72.4 Å². The average molecular weight is 332 g/mol. The van der Waals surface area contributed by atoms with Gasteiger partial charge in [-0.3, -0.25) is 4.79 Å². The quantitative estimate of drug-likeness (QED) is 0.610. The molecule has 6 heteroatoms. The van der Waals surface area contributed by atoms with E-state index in [2.05, 4.69) is 15.3 Å². The standard InChI is InChI=1S/C19H16N4O2/c24-18(10-15-13-23-9-5-4-8-17(23)22-15)20-12-19-21-11-16(25-19)14-6-2-1-3-7-14/h1-9,11,13H,10,12H2,(H,20,24). The molecule has 25 heavy (non-hydrogen) atoms. The molecule has 0 aliphatic rings. The molecule has 0 aliphatic carbocycles. The number of aromatic nitrogens is 3. The molecule has 0 unspecified atom stereocenters. The molecule has 124 valence electrons. The lowest BCUT2D eigenvalue weighted by Crippen LogP contribution is -2.24. The van der Waals surface area contributed by atoms with E-state index in [0.29, 0.717) is 11.7 Å². The second-order valence-electron chi connectivity index (χ2n) is 5.64. The van der Waals surface area contributed by atoms with Gasteiger partial charge in [0.25, 0.3) is 0 Å². The first kappa shape index (κ1) is 15.1. The number of hydrogen-bond donors (Lipinski definition) is 1. The van der Waals surface area contributed by atoms with Gasteiger partial charge in [-0.1, -0.05) is 36.4 Å². The third-order valence-corrected chi connectivity index (χ3v) is 3.80. The predicted molar refractivity (Wildman–Crippen MR) is 92.7 cm³/mol. The van der Waals surface area contributed by atoms with Gasteiger partial charge >= 0.3 is 0 Å². The van der Waals surface area contributed by atoms with Crippen molar-refractivity contribution in [3.63, 3.8) is 0 Å². The monoisotopic (exact) mass is 332 g/mol. The van der Waals surface area contributed by atoms with E-state index in [1.54, 1.807) is 6.20 Å². The summed E-state index contributed by atoms with van der Waals surface area (Å²) in [6.45, 7) is 0.249. The van der Waals surface area contributed by atoms with Gasteiger partial charge in [0.2, 0.25) is 11.8 Å². The molecule has 0 radical (unpaired) electrons. The third kappa shape index (κ3) is 3.42. The summed E-state index contributed by atoms with van der Waals surface area (Å²) in [5, 5.41) is 2.81. The van der Waals surface area contributed by atoms with E-state index >= 15 is 0 Å². The van der Waals surface area contributed by atoms with Crippen LogP contribution in [0.5, 0.6) is 0 Å². The van der Waals surface area contributed by atoms with Gasteiger partial charge in [0.05, 0.1) is 24.9 Å². The first-order chi connectivity index (χ1) is 12.3. The number of nitrogens with zero attached hydrogens (tertiary/aromatic N) is 3. The highest BCUT2D eigenvalue weighted by molar-refractivity contribution is 5.78. The van der Waals surface area contributed by atoms with Crippen molar-refractivity contribution in [3.05, 3.63) is 78.7 Å². The highest BCUT2D eigenvalue weighted by Gasteiger charge is 2.10. The van der Waals surface area contributed by atoms with E-state index in [4.69, 9.17) is 4.42 Å². The Morgan fingerprint density at radius 3 is 2.80 bits per heavy atom. The predicted octanol–water partition coefficient (Wildman–Crippen LogP) is 2.85. The lowest BCUT2D eigenvalue weighted by molar-refractivity contribution is -0.120. The highest BCUT2D eigenvalue weighted by Crippen LogP contribution is 2.19. The molecule has 6 nitrogen and oxygen atoms in total. The van der Waals surface area contributed by atoms with Crippen molar-refractivity contribution in [1.82, 2.24) is 19.7 Å². The zero-order valence-corrected chi connectivity index (χ0v) is 13.4. The maximum Gasteiger partial charge on any atom is 0.226 e. The summed E-state index contributed by atoms with van der Waals surface area (Å²) in [6, 6.07) is 15.5. The molecule has 0 atom stereocenters. The fourth-order valence-electron chi connectivity index (χ4n) is 2.60. The number of rotatable bonds is 5. The van der Waals surface area contributed by atoms with Gasteiger partial charge in [-0.15, -0.1) is 0 Å². The Labute approximate surface area is 144 Å². The fraction of sp³-hybridized carbons (Fsp3) is 0.105. The van der Waals surface area contributed by atoms with Crippen LogP contribution in [0.2, 0.25) is 0 Å². The van der Waals surface area contributed by atoms with Crippen molar-refractivity contribution >= 4 is 11.6 Å². The zero-order chi connectivity index (χ0) is 17.1. The first-order valence-corrected chi connectivity index (χ1v) is 7.97. The normalized spacial score (nSPS) is 10.9. The third-order valence-electron chi connectivity index (χ3n) is 3.80. The molecule has 4 aromatic rings. The van der Waals surface area contributed by atoms with Gasteiger partial charge in [-0.05, 0) is 12.1 Å². The Morgan fingerprint density at radius 1 is 1.12 bits per heavy atom. The minimum atomic E-state index is -0.122. The second kappa shape index (κ2) is 6.60. The van der Waals surface area contributed by atoms with Crippen LogP contribution in [0.25, 0.3) is 17.0 Å². The van der Waals surface area contributed by atoms with Crippen molar-refractivity contribution < 1.29 is 9.21 Å². The fourth-order valence-corrected chi connectivity index (χ4v) is 2.60. The first-order valence-electron chi connectivity index (χ1n) is 7.97. The summed E-state index contributed by atoms with van der Waals surface area (Å²) < 4.78 is 7.56. The molecule has 1 aromatic carbocycles. The number of hydrogen-bond acceptors (Lipinski definition) is 4. The number of imidazole rings is 1. The summed E-state index contributed by atoms with van der Waals surface area (Å²) in [7, 11) is 0. The van der Waals surface area contributed by atoms with E-state index in [-0.39, 0.29) is 18.9 Å². The number of amides is 1. The van der Waals surface area contributed by atoms with E-state index < -0.39 is 0 Å². The molecule has 1 N–H and O–H groups in total. The molecule has 0 aliphatic heterocycles. The van der Waals surface area contributed by atoms with E-state index in [9.17, 15) is 4.79 Å². The van der Waals surface area contributed by atoms with Gasteiger partial charge < -0.3 is 14.1 Å². The Kier molecular flexibility index (Phi) is 4.00. The van der Waals surface area contributed by atoms with Crippen LogP contribution < -0.4 is 5.32 Å². The molecule has 0 saturated heterocycles. The van der Waals surface area contributed by atoms with Gasteiger partial charge in [0.15, 0.2) is 5.76 Å². The summed E-state index contributed by atoms with van der Waals surface area (Å²) in [6.07, 6.45) is 5.64. The number of nitrogens with one attached hydrogen (secondary N) is 1. The van der Waals surface area contributed by atoms with Gasteiger partial charge in [0, 0.05) is 18.0 Å². The van der Waals surface area contributed by atoms with Crippen LogP contribution in [0.1, 0.15) is 11.6 Å². The van der Waals surface area contributed by atoms with Crippen LogP contribution in [0.4, 0.5) is 0 Å². The SMILES string of the molecule is O=C(Cc1cn2ccccc2n1)NCc1ncc(-c2ccccc2)o1. The average Bonchev–Trinajstić information content (AvgIpc) is 3.27. The molecule has 3 heterocycles. The van der Waals surface area contributed by atoms with Crippen molar-refractivity contribution in [2.45, 2.75) is 13.0 Å². The number of carbonyl (C=O) groups is 1. The summed E-state index contributed by atoms with van der Waals surface area (Å²) >= 11 is 0. The number of pyridine rings is 1. The van der Waals surface area contributed by atoms with E-state index in [1.807, 2.05) is 65.3 Å². The second-order valence-corrected chi connectivity index (χ2v) is 5.64. The Morgan fingerprint density at radius 2 is 1.96 bits per heavy atom. The Balaban J connectivity index is 1.36. The van der Waals surface area contributed by atoms with E-state index in [1.165, 1.54) is 0 Å². The van der Waals surface area contributed by atoms with Crippen LogP contribution in [-0.2, 0) is 17.8 Å². The van der Waals surface area contributed by atoms with Crippen LogP contribution in [-0.4, -0.2) is 20.3 Å². The maximum atomic E-state index is 12.1. The van der Waals surface area contributed by atoms with Crippen molar-refractivity contribution in [1.29, 1.82) is 0 Å². The molecule has 0 bridgehead atoms. The summed E-state index contributed by atoms with van der Waals surface area (Å²) in [5.74, 6) is 1.04. The number of benzene rings is 1. The van der Waals surface area contributed by atoms with Crippen molar-refractivity contribution in [2.75, 3.05) is 0 Å². The Bertz CT molecular complexity index is 971. The zero-order valence-electron chi connectivity index (χ0n) is 13.4. The molecule has 4 rings (SSSR count). The molecule has 1 amide bonds. The van der Waals surface area contributed by atoms with Crippen LogP contribution in [0.15, 0.2) is 71.5 Å². The smallest absolute Gasteiger partial charge is 0.226 e. The van der Waals surface area contributed by atoms with Gasteiger partial charge in [-0.2, -0.15) is 0 Å². The van der Waals surface area contributed by atoms with Gasteiger partial charge in [-0.25, -0.2) is 9.97 Å². The molecule has 0 fully saturated rings. The lowest BCUT2D eigenvalue weighted by atomic mass is 10.2. The maximum absolute atomic E-state index is 12.1. The highest BCUT2D eigenvalue weighted by atomic mass is 16.4. The Hall–Kier alpha value is -3.41. The number of fused-ring (bicyclic) bond motifs is 1. The van der Waals surface area contributed by atoms with Crippen LogP contribution in [0, 0.1) is 0 Å². The molecule has 0 spiro atoms. The number of oxazole rings is 1. The minimum absolute atomic E-state index is 0.122. The molecule has 0 saturated carbocycles. The molecular formula is C19H16N4O2. The summed E-state index contributed by atoms with van der Waals surface area (Å²) in [4.78, 5) is 20.7. The largest absolute Gasteiger partial charge is 0.439 e. The molecular weight excluding hydrogens is 316 g/mol. The van der Waals surface area contributed by atoms with Gasteiger partial charge in [0.1, 0.15) is 5.65 Å². The molecule has 3 aromatic heterocycles.